The monoisotopic (exact) mass is 327 g/mol. The molecule has 5 heteroatoms. The van der Waals surface area contributed by atoms with E-state index in [1.807, 2.05) is 55.5 Å². The molecule has 0 aliphatic heterocycles. The van der Waals surface area contributed by atoms with Crippen molar-refractivity contribution in [2.75, 3.05) is 7.11 Å². The van der Waals surface area contributed by atoms with Crippen molar-refractivity contribution in [3.05, 3.63) is 64.4 Å². The number of hydrogen-bond donors (Lipinski definition) is 0. The van der Waals surface area contributed by atoms with Crippen molar-refractivity contribution in [3.63, 3.8) is 0 Å². The summed E-state index contributed by atoms with van der Waals surface area (Å²) in [5.74, 6) is -0.507. The Labute approximate surface area is 138 Å². The first-order chi connectivity index (χ1) is 11.2. The molecule has 0 amide bonds. The highest BCUT2D eigenvalue weighted by Gasteiger charge is 2.19. The molecule has 3 aromatic rings. The van der Waals surface area contributed by atoms with E-state index >= 15 is 0 Å². The summed E-state index contributed by atoms with van der Waals surface area (Å²) in [5.41, 5.74) is 1.69. The summed E-state index contributed by atoms with van der Waals surface area (Å²) in [5, 5.41) is 0.725. The summed E-state index contributed by atoms with van der Waals surface area (Å²) in [6, 6.07) is 15.1. The lowest BCUT2D eigenvalue weighted by atomic mass is 9.96. The number of ether oxygens (including phenoxy) is 1. The van der Waals surface area contributed by atoms with Gasteiger partial charge in [0, 0.05) is 0 Å². The predicted octanol–water partition coefficient (Wildman–Crippen LogP) is 3.72. The number of methoxy groups -OCH3 is 1. The third-order valence-electron chi connectivity index (χ3n) is 3.92. The largest absolute Gasteiger partial charge is 0.469 e. The topological polar surface area (TPSA) is 48.3 Å². The molecule has 0 saturated heterocycles. The van der Waals surface area contributed by atoms with Crippen molar-refractivity contribution in [2.24, 2.45) is 0 Å². The Kier molecular flexibility index (Phi) is 4.30. The number of carbonyl (C=O) groups is 1. The maximum atomic E-state index is 12.5. The van der Waals surface area contributed by atoms with E-state index in [1.54, 1.807) is 3.96 Å². The molecule has 0 N–H and O–H groups in total. The van der Waals surface area contributed by atoms with Gasteiger partial charge < -0.3 is 4.74 Å². The number of rotatable bonds is 4. The molecule has 0 bridgehead atoms. The Morgan fingerprint density at radius 2 is 1.87 bits per heavy atom. The van der Waals surface area contributed by atoms with Gasteiger partial charge in [0.2, 0.25) is 0 Å². The number of fused-ring (bicyclic) bond motifs is 1. The Hall–Kier alpha value is -2.40. The summed E-state index contributed by atoms with van der Waals surface area (Å²) in [4.78, 5) is 24.3. The van der Waals surface area contributed by atoms with Crippen molar-refractivity contribution in [2.45, 2.75) is 19.3 Å². The molecule has 2 aromatic carbocycles. The molecule has 4 nitrogen and oxygen atoms in total. The van der Waals surface area contributed by atoms with Gasteiger partial charge in [0.25, 0.3) is 5.56 Å². The van der Waals surface area contributed by atoms with Gasteiger partial charge in [-0.3, -0.25) is 9.59 Å². The van der Waals surface area contributed by atoms with Crippen LogP contribution in [0, 0.1) is 0 Å². The molecular weight excluding hydrogens is 310 g/mol. The lowest BCUT2D eigenvalue weighted by Crippen LogP contribution is -2.14. The quantitative estimate of drug-likeness (QED) is 0.686. The normalized spacial score (nSPS) is 12.3. The number of benzene rings is 2. The zero-order valence-electron chi connectivity index (χ0n) is 13.0. The van der Waals surface area contributed by atoms with Gasteiger partial charge in [0.05, 0.1) is 28.8 Å². The van der Waals surface area contributed by atoms with E-state index in [0.717, 1.165) is 21.3 Å². The third kappa shape index (κ3) is 2.80. The molecule has 1 aromatic heterocycles. The van der Waals surface area contributed by atoms with E-state index in [2.05, 4.69) is 0 Å². The van der Waals surface area contributed by atoms with Crippen LogP contribution in [-0.2, 0) is 9.53 Å². The van der Waals surface area contributed by atoms with Gasteiger partial charge in [-0.25, -0.2) is 3.96 Å². The molecule has 0 aliphatic carbocycles. The Morgan fingerprint density at radius 1 is 1.17 bits per heavy atom. The average Bonchev–Trinajstić information content (AvgIpc) is 2.93. The molecule has 0 aliphatic rings. The molecule has 0 radical (unpaired) electrons. The first kappa shape index (κ1) is 15.5. The first-order valence-electron chi connectivity index (χ1n) is 7.45. The van der Waals surface area contributed by atoms with Gasteiger partial charge in [-0.1, -0.05) is 42.7 Å². The number of nitrogens with zero attached hydrogens (tertiary/aromatic N) is 1. The fourth-order valence-corrected chi connectivity index (χ4v) is 3.66. The number of carbonyl (C=O) groups excluding carboxylic acids is 1. The highest BCUT2D eigenvalue weighted by atomic mass is 32.1. The summed E-state index contributed by atoms with van der Waals surface area (Å²) < 4.78 is 7.47. The van der Waals surface area contributed by atoms with Gasteiger partial charge in [-0.15, -0.1) is 0 Å². The fourth-order valence-electron chi connectivity index (χ4n) is 2.66. The lowest BCUT2D eigenvalue weighted by Gasteiger charge is -2.13. The summed E-state index contributed by atoms with van der Waals surface area (Å²) in [6.07, 6.45) is 0.675. The van der Waals surface area contributed by atoms with E-state index in [0.29, 0.717) is 6.42 Å². The second kappa shape index (κ2) is 6.38. The number of aromatic nitrogens is 1. The molecule has 0 fully saturated rings. The first-order valence-corrected chi connectivity index (χ1v) is 8.22. The third-order valence-corrected chi connectivity index (χ3v) is 5.03. The second-order valence-corrected chi connectivity index (χ2v) is 6.25. The fraction of sp³-hybridized carbons (Fsp3) is 0.222. The van der Waals surface area contributed by atoms with Crippen LogP contribution >= 0.6 is 11.5 Å². The summed E-state index contributed by atoms with van der Waals surface area (Å²) >= 11 is 1.42. The van der Waals surface area contributed by atoms with Gasteiger partial charge in [0.1, 0.15) is 0 Å². The summed E-state index contributed by atoms with van der Waals surface area (Å²) in [6.45, 7) is 1.95. The van der Waals surface area contributed by atoms with Crippen LogP contribution in [0.2, 0.25) is 0 Å². The standard InChI is InChI=1S/C18H17NO3S/c1-3-14(18(21)22-2)12-8-10-13(11-9-12)19-17(20)15-6-4-5-7-16(15)23-19/h4-11,14H,3H2,1-2H3. The SMILES string of the molecule is CCC(C(=O)OC)c1ccc(-n2sc3ccccc3c2=O)cc1. The van der Waals surface area contributed by atoms with Gasteiger partial charge in [-0.2, -0.15) is 0 Å². The smallest absolute Gasteiger partial charge is 0.313 e. The molecule has 118 valence electrons. The highest BCUT2D eigenvalue weighted by molar-refractivity contribution is 7.14. The highest BCUT2D eigenvalue weighted by Crippen LogP contribution is 2.24. The van der Waals surface area contributed by atoms with Crippen LogP contribution in [0.5, 0.6) is 0 Å². The zero-order chi connectivity index (χ0) is 16.4. The summed E-state index contributed by atoms with van der Waals surface area (Å²) in [7, 11) is 1.40. The minimum absolute atomic E-state index is 0.0154. The van der Waals surface area contributed by atoms with E-state index in [-0.39, 0.29) is 17.4 Å². The van der Waals surface area contributed by atoms with Crippen LogP contribution in [0.4, 0.5) is 0 Å². The number of hydrogen-bond acceptors (Lipinski definition) is 4. The molecule has 1 atom stereocenters. The van der Waals surface area contributed by atoms with Crippen LogP contribution in [0.3, 0.4) is 0 Å². The van der Waals surface area contributed by atoms with Crippen molar-refractivity contribution in [1.29, 1.82) is 0 Å². The lowest BCUT2D eigenvalue weighted by molar-refractivity contribution is -0.142. The molecule has 23 heavy (non-hydrogen) atoms. The maximum absolute atomic E-state index is 12.5. The van der Waals surface area contributed by atoms with E-state index in [4.69, 9.17) is 4.74 Å². The molecule has 3 rings (SSSR count). The van der Waals surface area contributed by atoms with Crippen LogP contribution in [-0.4, -0.2) is 17.0 Å². The van der Waals surface area contributed by atoms with Crippen molar-refractivity contribution < 1.29 is 9.53 Å². The van der Waals surface area contributed by atoms with E-state index in [1.165, 1.54) is 18.6 Å². The predicted molar refractivity (Wildman–Crippen MR) is 92.5 cm³/mol. The number of esters is 1. The van der Waals surface area contributed by atoms with E-state index in [9.17, 15) is 9.59 Å². The van der Waals surface area contributed by atoms with Crippen molar-refractivity contribution >= 4 is 27.6 Å². The van der Waals surface area contributed by atoms with Crippen molar-refractivity contribution in [1.82, 2.24) is 3.96 Å². The van der Waals surface area contributed by atoms with Crippen molar-refractivity contribution in [3.8, 4) is 5.69 Å². The minimum atomic E-state index is -0.270. The van der Waals surface area contributed by atoms with E-state index < -0.39 is 0 Å². The minimum Gasteiger partial charge on any atom is -0.469 e. The van der Waals surface area contributed by atoms with Gasteiger partial charge >= 0.3 is 5.97 Å². The molecule has 1 heterocycles. The van der Waals surface area contributed by atoms with Gasteiger partial charge in [0.15, 0.2) is 0 Å². The Morgan fingerprint density at radius 3 is 2.48 bits per heavy atom. The Balaban J connectivity index is 2.00. The molecule has 0 saturated carbocycles. The molecule has 0 spiro atoms. The second-order valence-electron chi connectivity index (χ2n) is 5.26. The van der Waals surface area contributed by atoms with Crippen LogP contribution < -0.4 is 5.56 Å². The maximum Gasteiger partial charge on any atom is 0.313 e. The average molecular weight is 327 g/mol. The van der Waals surface area contributed by atoms with Crippen LogP contribution in [0.1, 0.15) is 24.8 Å². The Bertz CT molecular complexity index is 893. The van der Waals surface area contributed by atoms with Gasteiger partial charge in [-0.05, 0) is 36.2 Å². The zero-order valence-corrected chi connectivity index (χ0v) is 13.8. The van der Waals surface area contributed by atoms with Crippen LogP contribution in [0.15, 0.2) is 53.3 Å². The molecular formula is C18H17NO3S. The van der Waals surface area contributed by atoms with Crippen LogP contribution in [0.25, 0.3) is 15.8 Å². The molecule has 1 unspecified atom stereocenters.